The molecule has 2 aliphatic rings. The van der Waals surface area contributed by atoms with Crippen LogP contribution in [0.25, 0.3) is 0 Å². The van der Waals surface area contributed by atoms with Crippen molar-refractivity contribution in [1.29, 1.82) is 0 Å². The second-order valence-electron chi connectivity index (χ2n) is 6.06. The summed E-state index contributed by atoms with van der Waals surface area (Å²) in [6.07, 6.45) is 8.60. The third-order valence-electron chi connectivity index (χ3n) is 4.62. The maximum atomic E-state index is 3.70. The summed E-state index contributed by atoms with van der Waals surface area (Å²) < 4.78 is 0. The van der Waals surface area contributed by atoms with E-state index in [9.17, 15) is 0 Å². The topological polar surface area (TPSA) is 15.3 Å². The minimum atomic E-state index is 0.808. The van der Waals surface area contributed by atoms with Crippen molar-refractivity contribution < 1.29 is 0 Å². The van der Waals surface area contributed by atoms with Crippen molar-refractivity contribution in [2.45, 2.75) is 51.5 Å². The first-order valence-electron chi connectivity index (χ1n) is 7.16. The average Bonchev–Trinajstić information content (AvgIpc) is 2.68. The van der Waals surface area contributed by atoms with Crippen LogP contribution in [0.1, 0.15) is 45.4 Å². The molecule has 0 bridgehead atoms. The number of hydrogen-bond donors (Lipinski definition) is 1. The number of nitrogens with one attached hydrogen (secondary N) is 1. The quantitative estimate of drug-likeness (QED) is 0.789. The number of likely N-dealkylation sites (tertiary alicyclic amines) is 1. The lowest BCUT2D eigenvalue weighted by Crippen LogP contribution is -2.37. The van der Waals surface area contributed by atoms with Gasteiger partial charge in [-0.2, -0.15) is 0 Å². The van der Waals surface area contributed by atoms with Crippen LogP contribution in [0.2, 0.25) is 0 Å². The molecule has 1 saturated carbocycles. The summed E-state index contributed by atoms with van der Waals surface area (Å²) in [5.74, 6) is 1.94. The van der Waals surface area contributed by atoms with Crippen molar-refractivity contribution in [3.63, 3.8) is 0 Å². The van der Waals surface area contributed by atoms with Gasteiger partial charge in [-0.1, -0.05) is 19.8 Å². The minimum Gasteiger partial charge on any atom is -0.315 e. The van der Waals surface area contributed by atoms with E-state index in [4.69, 9.17) is 0 Å². The molecular weight excluding hydrogens is 196 g/mol. The Bertz CT molecular complexity index is 197. The van der Waals surface area contributed by atoms with Crippen LogP contribution in [0, 0.1) is 11.8 Å². The Morgan fingerprint density at radius 1 is 1.06 bits per heavy atom. The molecule has 1 aliphatic carbocycles. The molecule has 1 saturated heterocycles. The number of hydrogen-bond acceptors (Lipinski definition) is 2. The molecule has 16 heavy (non-hydrogen) atoms. The second kappa shape index (κ2) is 6.02. The van der Waals surface area contributed by atoms with Crippen LogP contribution in [0.15, 0.2) is 0 Å². The van der Waals surface area contributed by atoms with Crippen molar-refractivity contribution in [3.8, 4) is 0 Å². The van der Waals surface area contributed by atoms with Gasteiger partial charge in [0.05, 0.1) is 0 Å². The zero-order chi connectivity index (χ0) is 11.4. The van der Waals surface area contributed by atoms with Crippen molar-refractivity contribution in [3.05, 3.63) is 0 Å². The lowest BCUT2D eigenvalue weighted by atomic mass is 9.83. The van der Waals surface area contributed by atoms with Gasteiger partial charge in [0.25, 0.3) is 0 Å². The normalized spacial score (nSPS) is 36.8. The molecule has 0 radical (unpaired) electrons. The third kappa shape index (κ3) is 3.46. The molecule has 1 unspecified atom stereocenters. The summed E-state index contributed by atoms with van der Waals surface area (Å²) in [6.45, 7) is 6.17. The molecule has 2 fully saturated rings. The van der Waals surface area contributed by atoms with Crippen LogP contribution in [-0.2, 0) is 0 Å². The predicted octanol–water partition coefficient (Wildman–Crippen LogP) is 2.50. The van der Waals surface area contributed by atoms with Gasteiger partial charge in [0.2, 0.25) is 0 Å². The van der Waals surface area contributed by atoms with Crippen LogP contribution in [0.3, 0.4) is 0 Å². The molecule has 2 rings (SSSR count). The largest absolute Gasteiger partial charge is 0.315 e. The molecule has 0 aromatic rings. The van der Waals surface area contributed by atoms with Crippen LogP contribution >= 0.6 is 0 Å². The molecule has 2 nitrogen and oxygen atoms in total. The molecular formula is C14H28N2. The Balaban J connectivity index is 1.57. The van der Waals surface area contributed by atoms with Crippen LogP contribution in [0.5, 0.6) is 0 Å². The van der Waals surface area contributed by atoms with E-state index >= 15 is 0 Å². The predicted molar refractivity (Wildman–Crippen MR) is 69.6 cm³/mol. The Hall–Kier alpha value is -0.0800. The van der Waals surface area contributed by atoms with Gasteiger partial charge < -0.3 is 10.2 Å². The van der Waals surface area contributed by atoms with E-state index in [2.05, 4.69) is 24.2 Å². The fourth-order valence-corrected chi connectivity index (χ4v) is 3.22. The molecule has 0 aromatic heterocycles. The fourth-order valence-electron chi connectivity index (χ4n) is 3.22. The Morgan fingerprint density at radius 2 is 1.81 bits per heavy atom. The Kier molecular flexibility index (Phi) is 4.66. The zero-order valence-electron chi connectivity index (χ0n) is 11.0. The van der Waals surface area contributed by atoms with Crippen molar-refractivity contribution in [1.82, 2.24) is 10.2 Å². The number of nitrogens with zero attached hydrogens (tertiary/aromatic N) is 1. The van der Waals surface area contributed by atoms with Gasteiger partial charge in [0, 0.05) is 12.6 Å². The standard InChI is InChI=1S/C14H28N2/c1-12-5-7-13(8-6-12)10-15-11-14-4-3-9-16(14)2/h12-15H,3-11H2,1-2H3. The van der Waals surface area contributed by atoms with E-state index in [0.717, 1.165) is 17.9 Å². The van der Waals surface area contributed by atoms with Gasteiger partial charge in [0.1, 0.15) is 0 Å². The number of likely N-dealkylation sites (N-methyl/N-ethyl adjacent to an activating group) is 1. The number of rotatable bonds is 4. The van der Waals surface area contributed by atoms with E-state index in [1.807, 2.05) is 0 Å². The Morgan fingerprint density at radius 3 is 2.44 bits per heavy atom. The molecule has 2 heteroatoms. The molecule has 0 aromatic carbocycles. The minimum absolute atomic E-state index is 0.808. The highest BCUT2D eigenvalue weighted by Crippen LogP contribution is 2.27. The smallest absolute Gasteiger partial charge is 0.0218 e. The monoisotopic (exact) mass is 224 g/mol. The van der Waals surface area contributed by atoms with Gasteiger partial charge in [-0.3, -0.25) is 0 Å². The summed E-state index contributed by atoms with van der Waals surface area (Å²) in [4.78, 5) is 2.51. The van der Waals surface area contributed by atoms with Crippen LogP contribution < -0.4 is 5.32 Å². The molecule has 0 spiro atoms. The lowest BCUT2D eigenvalue weighted by Gasteiger charge is -2.27. The van der Waals surface area contributed by atoms with Gasteiger partial charge in [-0.15, -0.1) is 0 Å². The first kappa shape index (κ1) is 12.4. The summed E-state index contributed by atoms with van der Waals surface area (Å²) in [7, 11) is 2.27. The van der Waals surface area contributed by atoms with E-state index in [1.165, 1.54) is 58.2 Å². The Labute approximate surface area is 101 Å². The first-order chi connectivity index (χ1) is 7.75. The fraction of sp³-hybridized carbons (Fsp3) is 1.00. The van der Waals surface area contributed by atoms with Gasteiger partial charge >= 0.3 is 0 Å². The highest BCUT2D eigenvalue weighted by atomic mass is 15.2. The van der Waals surface area contributed by atoms with Crippen LogP contribution in [0.4, 0.5) is 0 Å². The van der Waals surface area contributed by atoms with E-state index in [1.54, 1.807) is 0 Å². The molecule has 0 amide bonds. The highest BCUT2D eigenvalue weighted by molar-refractivity contribution is 4.79. The SMILES string of the molecule is CC1CCC(CNCC2CCCN2C)CC1. The maximum Gasteiger partial charge on any atom is 0.0218 e. The molecule has 94 valence electrons. The van der Waals surface area contributed by atoms with E-state index < -0.39 is 0 Å². The average molecular weight is 224 g/mol. The van der Waals surface area contributed by atoms with Crippen molar-refractivity contribution in [2.24, 2.45) is 11.8 Å². The third-order valence-corrected chi connectivity index (χ3v) is 4.62. The molecule has 1 aliphatic heterocycles. The van der Waals surface area contributed by atoms with Crippen LogP contribution in [-0.4, -0.2) is 37.6 Å². The first-order valence-corrected chi connectivity index (χ1v) is 7.16. The van der Waals surface area contributed by atoms with E-state index in [0.29, 0.717) is 0 Å². The van der Waals surface area contributed by atoms with Gasteiger partial charge in [-0.25, -0.2) is 0 Å². The molecule has 1 N–H and O–H groups in total. The maximum absolute atomic E-state index is 3.70. The second-order valence-corrected chi connectivity index (χ2v) is 6.06. The van der Waals surface area contributed by atoms with Gasteiger partial charge in [0.15, 0.2) is 0 Å². The molecule has 1 heterocycles. The highest BCUT2D eigenvalue weighted by Gasteiger charge is 2.21. The molecule has 1 atom stereocenters. The van der Waals surface area contributed by atoms with Crippen molar-refractivity contribution >= 4 is 0 Å². The van der Waals surface area contributed by atoms with Gasteiger partial charge in [-0.05, 0) is 57.7 Å². The van der Waals surface area contributed by atoms with E-state index in [-0.39, 0.29) is 0 Å². The zero-order valence-corrected chi connectivity index (χ0v) is 11.0. The summed E-state index contributed by atoms with van der Waals surface area (Å²) >= 11 is 0. The lowest BCUT2D eigenvalue weighted by molar-refractivity contribution is 0.261. The van der Waals surface area contributed by atoms with Crippen molar-refractivity contribution in [2.75, 3.05) is 26.7 Å². The summed E-state index contributed by atoms with van der Waals surface area (Å²) in [5, 5.41) is 3.70. The summed E-state index contributed by atoms with van der Waals surface area (Å²) in [5.41, 5.74) is 0. The summed E-state index contributed by atoms with van der Waals surface area (Å²) in [6, 6.07) is 0.808.